The van der Waals surface area contributed by atoms with E-state index in [9.17, 15) is 9.90 Å². The highest BCUT2D eigenvalue weighted by Crippen LogP contribution is 2.41. The van der Waals surface area contributed by atoms with Gasteiger partial charge in [0.15, 0.2) is 5.78 Å². The van der Waals surface area contributed by atoms with Gasteiger partial charge in [-0.15, -0.1) is 11.3 Å². The largest absolute Gasteiger partial charge is 0.508 e. The lowest BCUT2D eigenvalue weighted by Gasteiger charge is -2.19. The lowest BCUT2D eigenvalue weighted by molar-refractivity contribution is 0.104. The van der Waals surface area contributed by atoms with Gasteiger partial charge in [0.1, 0.15) is 23.9 Å². The van der Waals surface area contributed by atoms with Gasteiger partial charge in [-0.05, 0) is 105 Å². The van der Waals surface area contributed by atoms with Crippen molar-refractivity contribution in [2.24, 2.45) is 0 Å². The third-order valence-corrected chi connectivity index (χ3v) is 8.02. The number of rotatable bonds is 9. The van der Waals surface area contributed by atoms with Crippen LogP contribution in [0.1, 0.15) is 48.5 Å². The van der Waals surface area contributed by atoms with E-state index in [1.807, 2.05) is 61.5 Å². The van der Waals surface area contributed by atoms with Crippen LogP contribution < -0.4 is 9.47 Å². The highest BCUT2D eigenvalue weighted by atomic mass is 32.1. The van der Waals surface area contributed by atoms with E-state index >= 15 is 0 Å². The van der Waals surface area contributed by atoms with Gasteiger partial charge >= 0.3 is 0 Å². The van der Waals surface area contributed by atoms with Crippen LogP contribution in [0, 0.1) is 0 Å². The number of carbonyl (C=O) groups is 1. The van der Waals surface area contributed by atoms with Gasteiger partial charge in [-0.2, -0.15) is 0 Å². The maximum atomic E-state index is 13.8. The first kappa shape index (κ1) is 25.3. The first-order valence-electron chi connectivity index (χ1n) is 13.1. The Morgan fingerprint density at radius 2 is 1.57 bits per heavy atom. The summed E-state index contributed by atoms with van der Waals surface area (Å²) in [5, 5.41) is 10.9. The molecule has 0 unspecified atom stereocenters. The van der Waals surface area contributed by atoms with Crippen molar-refractivity contribution >= 4 is 27.2 Å². The molecule has 0 aliphatic carbocycles. The number of ether oxygens (including phenoxy) is 2. The standard InChI is InChI=1S/C31H33NO4S/c1-2-35-25-14-9-23(10-15-25)31-29(27-16-11-24(33)21-28(27)37-31)30(34)22-7-12-26(13-8-22)36-20-19-32-17-5-3-4-6-18-32/h7-16,21,33H,2-6,17-20H2,1H3. The van der Waals surface area contributed by atoms with Gasteiger partial charge < -0.3 is 14.6 Å². The number of hydrogen-bond acceptors (Lipinski definition) is 6. The molecule has 1 aliphatic heterocycles. The molecule has 192 valence electrons. The molecule has 37 heavy (non-hydrogen) atoms. The van der Waals surface area contributed by atoms with E-state index in [1.54, 1.807) is 12.1 Å². The fourth-order valence-electron chi connectivity index (χ4n) is 4.88. The molecular formula is C31H33NO4S. The summed E-state index contributed by atoms with van der Waals surface area (Å²) in [4.78, 5) is 17.2. The first-order chi connectivity index (χ1) is 18.1. The van der Waals surface area contributed by atoms with E-state index in [-0.39, 0.29) is 11.5 Å². The number of fused-ring (bicyclic) bond motifs is 1. The summed E-state index contributed by atoms with van der Waals surface area (Å²) >= 11 is 1.51. The molecule has 5 rings (SSSR count). The molecular weight excluding hydrogens is 482 g/mol. The van der Waals surface area contributed by atoms with Crippen molar-refractivity contribution in [3.8, 4) is 27.7 Å². The molecule has 0 bridgehead atoms. The van der Waals surface area contributed by atoms with Crippen molar-refractivity contribution in [1.29, 1.82) is 0 Å². The van der Waals surface area contributed by atoms with Gasteiger partial charge in [0, 0.05) is 32.6 Å². The van der Waals surface area contributed by atoms with E-state index in [0.29, 0.717) is 24.3 Å². The molecule has 1 saturated heterocycles. The minimum absolute atomic E-state index is 0.0445. The van der Waals surface area contributed by atoms with Crippen LogP contribution in [0.3, 0.4) is 0 Å². The Bertz CT molecular complexity index is 1340. The van der Waals surface area contributed by atoms with Crippen molar-refractivity contribution in [2.75, 3.05) is 32.8 Å². The van der Waals surface area contributed by atoms with Crippen molar-refractivity contribution in [2.45, 2.75) is 32.6 Å². The molecule has 1 N–H and O–H groups in total. The number of nitrogens with zero attached hydrogens (tertiary/aromatic N) is 1. The average Bonchev–Trinajstić information content (AvgIpc) is 3.08. The molecule has 0 saturated carbocycles. The fourth-order valence-corrected chi connectivity index (χ4v) is 6.12. The number of phenolic OH excluding ortho intramolecular Hbond substituents is 1. The third kappa shape index (κ3) is 5.97. The molecule has 0 amide bonds. The number of aromatic hydroxyl groups is 1. The highest BCUT2D eigenvalue weighted by Gasteiger charge is 2.22. The summed E-state index contributed by atoms with van der Waals surface area (Å²) in [7, 11) is 0. The number of benzene rings is 3. The normalized spacial score (nSPS) is 14.4. The van der Waals surface area contributed by atoms with Gasteiger partial charge in [-0.25, -0.2) is 0 Å². The minimum atomic E-state index is -0.0445. The molecule has 0 spiro atoms. The molecule has 4 aromatic rings. The van der Waals surface area contributed by atoms with Crippen LogP contribution in [-0.2, 0) is 0 Å². The Morgan fingerprint density at radius 1 is 0.892 bits per heavy atom. The van der Waals surface area contributed by atoms with Crippen LogP contribution in [-0.4, -0.2) is 48.6 Å². The number of phenols is 1. The Hall–Kier alpha value is -3.35. The third-order valence-electron chi connectivity index (χ3n) is 6.82. The Labute approximate surface area is 222 Å². The SMILES string of the molecule is CCOc1ccc(-c2sc3cc(O)ccc3c2C(=O)c2ccc(OCCN3CCCCCC3)cc2)cc1. The maximum absolute atomic E-state index is 13.8. The van der Waals surface area contributed by atoms with E-state index in [0.717, 1.165) is 51.7 Å². The monoisotopic (exact) mass is 515 g/mol. The van der Waals surface area contributed by atoms with E-state index in [1.165, 1.54) is 37.0 Å². The Morgan fingerprint density at radius 3 is 2.27 bits per heavy atom. The zero-order valence-electron chi connectivity index (χ0n) is 21.2. The summed E-state index contributed by atoms with van der Waals surface area (Å²) in [6.45, 7) is 6.44. The number of likely N-dealkylation sites (tertiary alicyclic amines) is 1. The summed E-state index contributed by atoms with van der Waals surface area (Å²) in [5.74, 6) is 1.71. The number of thiophene rings is 1. The lowest BCUT2D eigenvalue weighted by atomic mass is 9.97. The van der Waals surface area contributed by atoms with E-state index in [4.69, 9.17) is 9.47 Å². The molecule has 6 heteroatoms. The first-order valence-corrected chi connectivity index (χ1v) is 13.9. The van der Waals surface area contributed by atoms with Crippen molar-refractivity contribution in [3.63, 3.8) is 0 Å². The van der Waals surface area contributed by atoms with Crippen LogP contribution >= 0.6 is 11.3 Å². The molecule has 1 aliphatic rings. The second kappa shape index (κ2) is 11.8. The molecule has 5 nitrogen and oxygen atoms in total. The van der Waals surface area contributed by atoms with Crippen molar-refractivity contribution < 1.29 is 19.4 Å². The van der Waals surface area contributed by atoms with E-state index in [2.05, 4.69) is 4.90 Å². The van der Waals surface area contributed by atoms with Crippen LogP contribution in [0.15, 0.2) is 66.7 Å². The van der Waals surface area contributed by atoms with Crippen LogP contribution in [0.2, 0.25) is 0 Å². The van der Waals surface area contributed by atoms with Gasteiger partial charge in [0.25, 0.3) is 0 Å². The zero-order valence-corrected chi connectivity index (χ0v) is 22.1. The quantitative estimate of drug-likeness (QED) is 0.240. The molecule has 1 aromatic heterocycles. The number of carbonyl (C=O) groups excluding carboxylic acids is 1. The lowest BCUT2D eigenvalue weighted by Crippen LogP contribution is -2.29. The van der Waals surface area contributed by atoms with Gasteiger partial charge in [-0.1, -0.05) is 12.8 Å². The van der Waals surface area contributed by atoms with Crippen molar-refractivity contribution in [1.82, 2.24) is 4.90 Å². The molecule has 0 atom stereocenters. The summed E-state index contributed by atoms with van der Waals surface area (Å²) in [6.07, 6.45) is 5.19. The summed E-state index contributed by atoms with van der Waals surface area (Å²) < 4.78 is 12.5. The minimum Gasteiger partial charge on any atom is -0.508 e. The fraction of sp³-hybridized carbons (Fsp3) is 0.323. The molecule has 3 aromatic carbocycles. The second-order valence-electron chi connectivity index (χ2n) is 9.40. The summed E-state index contributed by atoms with van der Waals surface area (Å²) in [5.41, 5.74) is 2.21. The molecule has 0 radical (unpaired) electrons. The maximum Gasteiger partial charge on any atom is 0.195 e. The van der Waals surface area contributed by atoms with E-state index < -0.39 is 0 Å². The Kier molecular flexibility index (Phi) is 8.07. The van der Waals surface area contributed by atoms with Crippen molar-refractivity contribution in [3.05, 3.63) is 77.9 Å². The van der Waals surface area contributed by atoms with Gasteiger partial charge in [0.05, 0.1) is 6.61 Å². The molecule has 1 fully saturated rings. The predicted octanol–water partition coefficient (Wildman–Crippen LogP) is 7.16. The average molecular weight is 516 g/mol. The zero-order chi connectivity index (χ0) is 25.6. The topological polar surface area (TPSA) is 59.0 Å². The summed E-state index contributed by atoms with van der Waals surface area (Å²) in [6, 6.07) is 20.4. The van der Waals surface area contributed by atoms with Gasteiger partial charge in [-0.3, -0.25) is 9.69 Å². The second-order valence-corrected chi connectivity index (χ2v) is 10.5. The predicted molar refractivity (Wildman–Crippen MR) is 150 cm³/mol. The van der Waals surface area contributed by atoms with Gasteiger partial charge in [0.2, 0.25) is 0 Å². The van der Waals surface area contributed by atoms with Crippen LogP contribution in [0.25, 0.3) is 20.5 Å². The molecule has 2 heterocycles. The van der Waals surface area contributed by atoms with Crippen LogP contribution in [0.4, 0.5) is 0 Å². The number of ketones is 1. The number of hydrogen-bond donors (Lipinski definition) is 1. The highest BCUT2D eigenvalue weighted by molar-refractivity contribution is 7.22. The Balaban J connectivity index is 1.36. The van der Waals surface area contributed by atoms with Crippen LogP contribution in [0.5, 0.6) is 17.2 Å². The smallest absolute Gasteiger partial charge is 0.195 e.